The molecular formula is C18H25Cl. The van der Waals surface area contributed by atoms with Gasteiger partial charge < -0.3 is 0 Å². The van der Waals surface area contributed by atoms with Gasteiger partial charge in [-0.1, -0.05) is 52.0 Å². The van der Waals surface area contributed by atoms with Crippen molar-refractivity contribution >= 4 is 17.7 Å². The molecule has 1 aromatic rings. The molecule has 0 nitrogen and oxygen atoms in total. The van der Waals surface area contributed by atoms with Gasteiger partial charge in [0.25, 0.3) is 0 Å². The van der Waals surface area contributed by atoms with E-state index in [1.54, 1.807) is 0 Å². The van der Waals surface area contributed by atoms with Crippen LogP contribution >= 0.6 is 11.6 Å². The van der Waals surface area contributed by atoms with Crippen LogP contribution < -0.4 is 0 Å². The third-order valence-electron chi connectivity index (χ3n) is 4.63. The highest BCUT2D eigenvalue weighted by molar-refractivity contribution is 6.19. The molecule has 0 saturated heterocycles. The van der Waals surface area contributed by atoms with Crippen molar-refractivity contribution in [3.8, 4) is 0 Å². The quantitative estimate of drug-likeness (QED) is 0.617. The first-order valence-corrected chi connectivity index (χ1v) is 7.69. The molecule has 1 heteroatoms. The molecule has 1 aliphatic rings. The first-order valence-electron chi connectivity index (χ1n) is 7.16. The number of aryl methyl sites for hydroxylation is 1. The van der Waals surface area contributed by atoms with E-state index in [-0.39, 0.29) is 5.41 Å². The van der Waals surface area contributed by atoms with Gasteiger partial charge in [-0.05, 0) is 52.8 Å². The lowest BCUT2D eigenvalue weighted by atomic mass is 9.62. The predicted molar refractivity (Wildman–Crippen MR) is 86.2 cm³/mol. The standard InChI is InChI=1S/C18H25Cl/c1-13-11-15-16(12-14(13)7-6-10-19)18(4,5)9-8-17(15,2)3/h6-7,11-12H,8-10H2,1-5H3. The van der Waals surface area contributed by atoms with Crippen molar-refractivity contribution in [3.63, 3.8) is 0 Å². The Hall–Kier alpha value is -0.750. The van der Waals surface area contributed by atoms with Crippen molar-refractivity contribution in [2.24, 2.45) is 0 Å². The second-order valence-electron chi connectivity index (χ2n) is 7.08. The maximum Gasteiger partial charge on any atom is 0.0407 e. The van der Waals surface area contributed by atoms with Crippen LogP contribution in [0, 0.1) is 6.92 Å². The molecule has 0 spiro atoms. The van der Waals surface area contributed by atoms with Crippen LogP contribution in [0.1, 0.15) is 62.8 Å². The van der Waals surface area contributed by atoms with Gasteiger partial charge in [-0.25, -0.2) is 0 Å². The number of alkyl halides is 1. The van der Waals surface area contributed by atoms with Crippen LogP contribution in [-0.4, -0.2) is 5.88 Å². The third kappa shape index (κ3) is 2.74. The number of allylic oxidation sites excluding steroid dienone is 1. The number of fused-ring (bicyclic) bond motifs is 1. The van der Waals surface area contributed by atoms with Gasteiger partial charge in [0.15, 0.2) is 0 Å². The van der Waals surface area contributed by atoms with Crippen molar-refractivity contribution in [3.05, 3.63) is 40.5 Å². The lowest BCUT2D eigenvalue weighted by Gasteiger charge is -2.42. The van der Waals surface area contributed by atoms with E-state index in [0.29, 0.717) is 11.3 Å². The fourth-order valence-electron chi connectivity index (χ4n) is 3.09. The van der Waals surface area contributed by atoms with Crippen LogP contribution in [0.15, 0.2) is 18.2 Å². The van der Waals surface area contributed by atoms with Crippen LogP contribution in [0.3, 0.4) is 0 Å². The summed E-state index contributed by atoms with van der Waals surface area (Å²) >= 11 is 5.76. The summed E-state index contributed by atoms with van der Waals surface area (Å²) in [4.78, 5) is 0. The minimum absolute atomic E-state index is 0.280. The fraction of sp³-hybridized carbons (Fsp3) is 0.556. The van der Waals surface area contributed by atoms with Crippen LogP contribution in [0.5, 0.6) is 0 Å². The molecular weight excluding hydrogens is 252 g/mol. The molecule has 104 valence electrons. The van der Waals surface area contributed by atoms with Gasteiger partial charge >= 0.3 is 0 Å². The second-order valence-corrected chi connectivity index (χ2v) is 7.39. The molecule has 2 rings (SSSR count). The normalized spacial score (nSPS) is 20.5. The van der Waals surface area contributed by atoms with Crippen molar-refractivity contribution in [2.45, 2.75) is 58.3 Å². The Morgan fingerprint density at radius 1 is 1.05 bits per heavy atom. The number of hydrogen-bond acceptors (Lipinski definition) is 0. The van der Waals surface area contributed by atoms with Gasteiger partial charge in [-0.3, -0.25) is 0 Å². The SMILES string of the molecule is Cc1cc2c(cc1C=CCCl)C(C)(C)CCC2(C)C. The highest BCUT2D eigenvalue weighted by Crippen LogP contribution is 2.46. The zero-order valence-electron chi connectivity index (χ0n) is 12.8. The third-order valence-corrected chi connectivity index (χ3v) is 4.80. The molecule has 0 saturated carbocycles. The van der Waals surface area contributed by atoms with Gasteiger partial charge in [-0.15, -0.1) is 11.6 Å². The molecule has 0 heterocycles. The van der Waals surface area contributed by atoms with Gasteiger partial charge in [0, 0.05) is 5.88 Å². The summed E-state index contributed by atoms with van der Waals surface area (Å²) in [6, 6.07) is 4.78. The molecule has 0 N–H and O–H groups in total. The van der Waals surface area contributed by atoms with Crippen molar-refractivity contribution in [2.75, 3.05) is 5.88 Å². The first-order chi connectivity index (χ1) is 8.78. The summed E-state index contributed by atoms with van der Waals surface area (Å²) < 4.78 is 0. The Morgan fingerprint density at radius 2 is 1.58 bits per heavy atom. The maximum absolute atomic E-state index is 5.76. The summed E-state index contributed by atoms with van der Waals surface area (Å²) in [5.74, 6) is 0.575. The first kappa shape index (κ1) is 14.7. The van der Waals surface area contributed by atoms with Crippen molar-refractivity contribution in [1.29, 1.82) is 0 Å². The molecule has 1 aromatic carbocycles. The fourth-order valence-corrected chi connectivity index (χ4v) is 3.18. The number of halogens is 1. The minimum atomic E-state index is 0.280. The lowest BCUT2D eigenvalue weighted by Crippen LogP contribution is -2.34. The van der Waals surface area contributed by atoms with Crippen LogP contribution in [0.25, 0.3) is 6.08 Å². The molecule has 0 aliphatic heterocycles. The van der Waals surface area contributed by atoms with E-state index in [9.17, 15) is 0 Å². The summed E-state index contributed by atoms with van der Waals surface area (Å²) in [6.45, 7) is 11.7. The predicted octanol–water partition coefficient (Wildman–Crippen LogP) is 5.60. The molecule has 0 amide bonds. The Kier molecular flexibility index (Phi) is 3.84. The molecule has 0 unspecified atom stereocenters. The topological polar surface area (TPSA) is 0 Å². The van der Waals surface area contributed by atoms with E-state index in [1.165, 1.54) is 35.1 Å². The minimum Gasteiger partial charge on any atom is -0.122 e. The highest BCUT2D eigenvalue weighted by Gasteiger charge is 2.37. The summed E-state index contributed by atoms with van der Waals surface area (Å²) in [7, 11) is 0. The molecule has 1 aliphatic carbocycles. The zero-order chi connectivity index (χ0) is 14.3. The average Bonchev–Trinajstić information content (AvgIpc) is 2.33. The van der Waals surface area contributed by atoms with Gasteiger partial charge in [0.2, 0.25) is 0 Å². The molecule has 0 aromatic heterocycles. The van der Waals surface area contributed by atoms with E-state index < -0.39 is 0 Å². The van der Waals surface area contributed by atoms with E-state index in [4.69, 9.17) is 11.6 Å². The molecule has 0 fully saturated rings. The number of rotatable bonds is 2. The summed E-state index contributed by atoms with van der Waals surface area (Å²) in [6.07, 6.45) is 6.70. The molecule has 19 heavy (non-hydrogen) atoms. The smallest absolute Gasteiger partial charge is 0.0407 e. The average molecular weight is 277 g/mol. The molecule has 0 atom stereocenters. The molecule has 0 bridgehead atoms. The number of hydrogen-bond donors (Lipinski definition) is 0. The van der Waals surface area contributed by atoms with Gasteiger partial charge in [-0.2, -0.15) is 0 Å². The monoisotopic (exact) mass is 276 g/mol. The number of benzene rings is 1. The Labute approximate surface area is 122 Å². The van der Waals surface area contributed by atoms with Gasteiger partial charge in [0.05, 0.1) is 0 Å². The van der Waals surface area contributed by atoms with E-state index in [0.717, 1.165) is 0 Å². The molecule has 0 radical (unpaired) electrons. The Morgan fingerprint density at radius 3 is 2.11 bits per heavy atom. The van der Waals surface area contributed by atoms with Crippen LogP contribution in [-0.2, 0) is 10.8 Å². The Balaban J connectivity index is 2.61. The zero-order valence-corrected chi connectivity index (χ0v) is 13.6. The maximum atomic E-state index is 5.76. The van der Waals surface area contributed by atoms with E-state index in [1.807, 2.05) is 6.08 Å². The van der Waals surface area contributed by atoms with E-state index >= 15 is 0 Å². The summed E-state index contributed by atoms with van der Waals surface area (Å²) in [5.41, 5.74) is 6.29. The second kappa shape index (κ2) is 4.98. The highest BCUT2D eigenvalue weighted by atomic mass is 35.5. The van der Waals surface area contributed by atoms with Crippen molar-refractivity contribution in [1.82, 2.24) is 0 Å². The largest absolute Gasteiger partial charge is 0.122 e. The lowest BCUT2D eigenvalue weighted by molar-refractivity contribution is 0.331. The van der Waals surface area contributed by atoms with Gasteiger partial charge in [0.1, 0.15) is 0 Å². The Bertz CT molecular complexity index is 507. The van der Waals surface area contributed by atoms with Crippen molar-refractivity contribution < 1.29 is 0 Å². The van der Waals surface area contributed by atoms with Crippen LogP contribution in [0.4, 0.5) is 0 Å². The summed E-state index contributed by atoms with van der Waals surface area (Å²) in [5, 5.41) is 0. The van der Waals surface area contributed by atoms with E-state index in [2.05, 4.69) is 52.8 Å². The van der Waals surface area contributed by atoms with Crippen LogP contribution in [0.2, 0.25) is 0 Å².